The van der Waals surface area contributed by atoms with E-state index in [0.717, 1.165) is 5.56 Å². The van der Waals surface area contributed by atoms with E-state index in [9.17, 15) is 9.59 Å². The summed E-state index contributed by atoms with van der Waals surface area (Å²) in [4.78, 5) is 24.9. The summed E-state index contributed by atoms with van der Waals surface area (Å²) in [5.74, 6) is -0.547. The van der Waals surface area contributed by atoms with Crippen molar-refractivity contribution in [2.24, 2.45) is 5.92 Å². The lowest BCUT2D eigenvalue weighted by Crippen LogP contribution is -2.46. The molecule has 0 aliphatic heterocycles. The van der Waals surface area contributed by atoms with Crippen LogP contribution >= 0.6 is 11.6 Å². The van der Waals surface area contributed by atoms with Gasteiger partial charge in [0.25, 0.3) is 5.91 Å². The Morgan fingerprint density at radius 3 is 2.29 bits per heavy atom. The number of hydrogen-bond donors (Lipinski definition) is 1. The van der Waals surface area contributed by atoms with Crippen molar-refractivity contribution in [3.8, 4) is 5.75 Å². The van der Waals surface area contributed by atoms with Crippen LogP contribution in [0.5, 0.6) is 5.75 Å². The predicted octanol–water partition coefficient (Wildman–Crippen LogP) is 4.01. The number of carbonyl (C=O) groups excluding carboxylic acids is 2. The molecule has 0 saturated heterocycles. The molecule has 0 aliphatic carbocycles. The van der Waals surface area contributed by atoms with Gasteiger partial charge in [0.05, 0.1) is 10.6 Å². The lowest BCUT2D eigenvalue weighted by Gasteiger charge is -2.21. The number of rotatable bonds is 5. The van der Waals surface area contributed by atoms with Crippen LogP contribution in [0.2, 0.25) is 5.02 Å². The normalized spacial score (nSPS) is 11.9. The topological polar surface area (TPSA) is 55.4 Å². The summed E-state index contributed by atoms with van der Waals surface area (Å²) >= 11 is 6.04. The van der Waals surface area contributed by atoms with Gasteiger partial charge in [0.2, 0.25) is 0 Å². The van der Waals surface area contributed by atoms with Crippen LogP contribution in [0.25, 0.3) is 0 Å². The maximum absolute atomic E-state index is 12.5. The zero-order valence-corrected chi connectivity index (χ0v) is 14.6. The molecular weight excluding hydrogens is 326 g/mol. The van der Waals surface area contributed by atoms with Crippen molar-refractivity contribution >= 4 is 23.5 Å². The molecule has 5 heteroatoms. The quantitative estimate of drug-likeness (QED) is 0.658. The van der Waals surface area contributed by atoms with E-state index in [2.05, 4.69) is 5.32 Å². The third-order valence-corrected chi connectivity index (χ3v) is 3.96. The third kappa shape index (κ3) is 4.36. The Hall–Kier alpha value is -2.33. The van der Waals surface area contributed by atoms with Crippen LogP contribution in [-0.2, 0) is 4.79 Å². The van der Waals surface area contributed by atoms with Gasteiger partial charge in [-0.05, 0) is 36.6 Å². The Balaban J connectivity index is 2.15. The highest BCUT2D eigenvalue weighted by molar-refractivity contribution is 6.33. The highest BCUT2D eigenvalue weighted by Gasteiger charge is 2.27. The van der Waals surface area contributed by atoms with Gasteiger partial charge >= 0.3 is 5.97 Å². The molecule has 0 aliphatic rings. The molecule has 1 amide bonds. The average molecular weight is 346 g/mol. The molecule has 0 fully saturated rings. The van der Waals surface area contributed by atoms with Crippen LogP contribution in [0, 0.1) is 12.8 Å². The number of amides is 1. The van der Waals surface area contributed by atoms with Crippen molar-refractivity contribution in [3.63, 3.8) is 0 Å². The predicted molar refractivity (Wildman–Crippen MR) is 94.4 cm³/mol. The van der Waals surface area contributed by atoms with Crippen LogP contribution in [0.4, 0.5) is 0 Å². The zero-order chi connectivity index (χ0) is 17.7. The Kier molecular flexibility index (Phi) is 5.99. The fourth-order valence-corrected chi connectivity index (χ4v) is 2.43. The Bertz CT molecular complexity index is 743. The van der Waals surface area contributed by atoms with Gasteiger partial charge in [-0.25, -0.2) is 4.79 Å². The van der Waals surface area contributed by atoms with E-state index >= 15 is 0 Å². The molecule has 2 rings (SSSR count). The Labute approximate surface area is 146 Å². The van der Waals surface area contributed by atoms with Crippen LogP contribution in [-0.4, -0.2) is 17.9 Å². The number of aryl methyl sites for hydroxylation is 1. The van der Waals surface area contributed by atoms with Crippen molar-refractivity contribution in [2.45, 2.75) is 26.8 Å². The van der Waals surface area contributed by atoms with Gasteiger partial charge in [-0.15, -0.1) is 0 Å². The minimum atomic E-state index is -0.770. The highest BCUT2D eigenvalue weighted by Crippen LogP contribution is 2.19. The van der Waals surface area contributed by atoms with E-state index in [1.54, 1.807) is 36.4 Å². The number of nitrogens with one attached hydrogen (secondary N) is 1. The molecule has 0 aromatic heterocycles. The number of carbonyl (C=O) groups is 2. The van der Waals surface area contributed by atoms with E-state index in [0.29, 0.717) is 16.3 Å². The second-order valence-corrected chi connectivity index (χ2v) is 6.27. The molecule has 1 unspecified atom stereocenters. The lowest BCUT2D eigenvalue weighted by molar-refractivity contribution is -0.137. The molecule has 1 atom stereocenters. The van der Waals surface area contributed by atoms with Crippen LogP contribution in [0.15, 0.2) is 48.5 Å². The molecule has 24 heavy (non-hydrogen) atoms. The van der Waals surface area contributed by atoms with Gasteiger partial charge in [-0.2, -0.15) is 0 Å². The number of esters is 1. The van der Waals surface area contributed by atoms with Crippen molar-refractivity contribution in [1.82, 2.24) is 5.32 Å². The molecule has 2 aromatic carbocycles. The third-order valence-electron chi connectivity index (χ3n) is 3.63. The summed E-state index contributed by atoms with van der Waals surface area (Å²) in [6, 6.07) is 13.2. The molecule has 2 aromatic rings. The average Bonchev–Trinajstić information content (AvgIpc) is 2.54. The first-order valence-electron chi connectivity index (χ1n) is 7.73. The van der Waals surface area contributed by atoms with Crippen LogP contribution < -0.4 is 10.1 Å². The Morgan fingerprint density at radius 1 is 1.04 bits per heavy atom. The maximum Gasteiger partial charge on any atom is 0.334 e. The molecule has 0 saturated carbocycles. The standard InChI is InChI=1S/C19H20ClNO3/c1-12(2)17(19(23)24-16-11-7-4-8-13(16)3)21-18(22)14-9-5-6-10-15(14)20/h4-12,17H,1-3H3,(H,21,22). The van der Waals surface area contributed by atoms with Crippen molar-refractivity contribution in [2.75, 3.05) is 0 Å². The minimum absolute atomic E-state index is 0.132. The van der Waals surface area contributed by atoms with Crippen LogP contribution in [0.1, 0.15) is 29.8 Å². The minimum Gasteiger partial charge on any atom is -0.425 e. The summed E-state index contributed by atoms with van der Waals surface area (Å²) in [6.45, 7) is 5.54. The number of benzene rings is 2. The number of hydrogen-bond acceptors (Lipinski definition) is 3. The second-order valence-electron chi connectivity index (χ2n) is 5.86. The fraction of sp³-hybridized carbons (Fsp3) is 0.263. The molecule has 0 spiro atoms. The summed E-state index contributed by atoms with van der Waals surface area (Å²) in [5.41, 5.74) is 1.18. The van der Waals surface area contributed by atoms with Gasteiger partial charge in [-0.3, -0.25) is 4.79 Å². The Morgan fingerprint density at radius 2 is 1.67 bits per heavy atom. The van der Waals surface area contributed by atoms with Gasteiger partial charge < -0.3 is 10.1 Å². The van der Waals surface area contributed by atoms with E-state index in [1.807, 2.05) is 32.9 Å². The van der Waals surface area contributed by atoms with Gasteiger partial charge in [0.15, 0.2) is 0 Å². The number of halogens is 1. The molecule has 0 radical (unpaired) electrons. The summed E-state index contributed by atoms with van der Waals surface area (Å²) in [5, 5.41) is 3.05. The first-order chi connectivity index (χ1) is 11.4. The SMILES string of the molecule is Cc1ccccc1OC(=O)C(NC(=O)c1ccccc1Cl)C(C)C. The zero-order valence-electron chi connectivity index (χ0n) is 13.9. The lowest BCUT2D eigenvalue weighted by atomic mass is 10.0. The van der Waals surface area contributed by atoms with Crippen molar-refractivity contribution < 1.29 is 14.3 Å². The molecule has 0 bridgehead atoms. The number of para-hydroxylation sites is 1. The smallest absolute Gasteiger partial charge is 0.334 e. The van der Waals surface area contributed by atoms with Crippen molar-refractivity contribution in [3.05, 3.63) is 64.7 Å². The first kappa shape index (κ1) is 18.0. The molecule has 0 heterocycles. The van der Waals surface area contributed by atoms with Gasteiger partial charge in [-0.1, -0.05) is 55.8 Å². The molecule has 1 N–H and O–H groups in total. The second kappa shape index (κ2) is 7.97. The summed E-state index contributed by atoms with van der Waals surface area (Å²) in [7, 11) is 0. The van der Waals surface area contributed by atoms with Crippen molar-refractivity contribution in [1.29, 1.82) is 0 Å². The van der Waals surface area contributed by atoms with Gasteiger partial charge in [0.1, 0.15) is 11.8 Å². The van der Waals surface area contributed by atoms with Gasteiger partial charge in [0, 0.05) is 0 Å². The van der Waals surface area contributed by atoms with E-state index < -0.39 is 17.9 Å². The maximum atomic E-state index is 12.5. The molecule has 4 nitrogen and oxygen atoms in total. The van der Waals surface area contributed by atoms with Crippen LogP contribution in [0.3, 0.4) is 0 Å². The van der Waals surface area contributed by atoms with E-state index in [1.165, 1.54) is 0 Å². The summed E-state index contributed by atoms with van der Waals surface area (Å²) in [6.07, 6.45) is 0. The molecule has 126 valence electrons. The largest absolute Gasteiger partial charge is 0.425 e. The highest BCUT2D eigenvalue weighted by atomic mass is 35.5. The fourth-order valence-electron chi connectivity index (χ4n) is 2.20. The molecular formula is C19H20ClNO3. The first-order valence-corrected chi connectivity index (χ1v) is 8.10. The monoisotopic (exact) mass is 345 g/mol. The number of ether oxygens (including phenoxy) is 1. The van der Waals surface area contributed by atoms with E-state index in [4.69, 9.17) is 16.3 Å². The summed E-state index contributed by atoms with van der Waals surface area (Å²) < 4.78 is 5.45. The van der Waals surface area contributed by atoms with E-state index in [-0.39, 0.29) is 5.92 Å².